The predicted molar refractivity (Wildman–Crippen MR) is 71.0 cm³/mol. The quantitative estimate of drug-likeness (QED) is 0.764. The molecule has 0 bridgehead atoms. The van der Waals surface area contributed by atoms with Crippen LogP contribution in [0.25, 0.3) is 0 Å². The van der Waals surface area contributed by atoms with Crippen molar-refractivity contribution < 1.29 is 4.79 Å². The maximum atomic E-state index is 11.9. The van der Waals surface area contributed by atoms with Gasteiger partial charge in [-0.2, -0.15) is 0 Å². The number of likely N-dealkylation sites (N-methyl/N-ethyl adjacent to an activating group) is 1. The highest BCUT2D eigenvalue weighted by Crippen LogP contribution is 2.31. The van der Waals surface area contributed by atoms with Crippen LogP contribution in [0.2, 0.25) is 8.67 Å². The Morgan fingerprint density at radius 3 is 2.56 bits per heavy atom. The average molecular weight is 280 g/mol. The van der Waals surface area contributed by atoms with Crippen LogP contribution in [0.1, 0.15) is 24.2 Å². The zero-order valence-electron chi connectivity index (χ0n) is 9.59. The van der Waals surface area contributed by atoms with Gasteiger partial charge in [0.05, 0.1) is 16.4 Å². The van der Waals surface area contributed by atoms with E-state index in [0.717, 1.165) is 6.54 Å². The molecule has 0 saturated heterocycles. The van der Waals surface area contributed by atoms with E-state index in [1.807, 2.05) is 11.9 Å². The maximum Gasteiger partial charge on any atom is 0.179 e. The van der Waals surface area contributed by atoms with Gasteiger partial charge in [-0.3, -0.25) is 9.69 Å². The minimum Gasteiger partial charge on any atom is -0.299 e. The Morgan fingerprint density at radius 2 is 2.12 bits per heavy atom. The van der Waals surface area contributed by atoms with E-state index >= 15 is 0 Å². The first kappa shape index (κ1) is 14.0. The molecule has 0 fully saturated rings. The zero-order valence-corrected chi connectivity index (χ0v) is 11.9. The van der Waals surface area contributed by atoms with Crippen molar-refractivity contribution in [1.82, 2.24) is 4.90 Å². The third-order valence-corrected chi connectivity index (χ3v) is 3.54. The van der Waals surface area contributed by atoms with Crippen LogP contribution in [0.5, 0.6) is 0 Å². The van der Waals surface area contributed by atoms with Crippen molar-refractivity contribution in [2.75, 3.05) is 20.1 Å². The van der Waals surface area contributed by atoms with Gasteiger partial charge < -0.3 is 0 Å². The van der Waals surface area contributed by atoms with Crippen LogP contribution in [0.4, 0.5) is 0 Å². The number of rotatable bonds is 5. The summed E-state index contributed by atoms with van der Waals surface area (Å²) in [6.45, 7) is 5.51. The van der Waals surface area contributed by atoms with Gasteiger partial charge in [-0.15, -0.1) is 11.3 Å². The molecule has 0 N–H and O–H groups in total. The number of carbonyl (C=O) groups is 1. The first-order valence-electron chi connectivity index (χ1n) is 5.06. The van der Waals surface area contributed by atoms with E-state index in [1.165, 1.54) is 11.3 Å². The van der Waals surface area contributed by atoms with Crippen LogP contribution in [-0.4, -0.2) is 30.8 Å². The molecule has 90 valence electrons. The molecule has 0 aliphatic carbocycles. The smallest absolute Gasteiger partial charge is 0.179 e. The van der Waals surface area contributed by atoms with Gasteiger partial charge in [-0.1, -0.05) is 37.0 Å². The van der Waals surface area contributed by atoms with E-state index in [1.54, 1.807) is 6.07 Å². The Kier molecular flexibility index (Phi) is 5.25. The van der Waals surface area contributed by atoms with Crippen molar-refractivity contribution in [3.05, 3.63) is 20.3 Å². The van der Waals surface area contributed by atoms with E-state index in [2.05, 4.69) is 13.8 Å². The van der Waals surface area contributed by atoms with Gasteiger partial charge in [0.1, 0.15) is 4.34 Å². The molecular weight excluding hydrogens is 265 g/mol. The van der Waals surface area contributed by atoms with Crippen LogP contribution in [0.15, 0.2) is 6.07 Å². The molecule has 2 nitrogen and oxygen atoms in total. The molecule has 16 heavy (non-hydrogen) atoms. The highest BCUT2D eigenvalue weighted by atomic mass is 35.5. The summed E-state index contributed by atoms with van der Waals surface area (Å²) in [6.07, 6.45) is 0. The molecule has 5 heteroatoms. The number of hydrogen-bond acceptors (Lipinski definition) is 3. The standard InChI is InChI=1S/C11H15Cl2NOS/c1-7(2)5-14(3)6-9(15)8-4-10(12)16-11(8)13/h4,7H,5-6H2,1-3H3. The Balaban J connectivity index is 2.62. The van der Waals surface area contributed by atoms with Crippen molar-refractivity contribution in [1.29, 1.82) is 0 Å². The largest absolute Gasteiger partial charge is 0.299 e. The van der Waals surface area contributed by atoms with E-state index in [4.69, 9.17) is 23.2 Å². The molecule has 1 aromatic heterocycles. The van der Waals surface area contributed by atoms with Crippen LogP contribution >= 0.6 is 34.5 Å². The van der Waals surface area contributed by atoms with E-state index < -0.39 is 0 Å². The summed E-state index contributed by atoms with van der Waals surface area (Å²) in [4.78, 5) is 13.9. The van der Waals surface area contributed by atoms with E-state index in [9.17, 15) is 4.79 Å². The zero-order chi connectivity index (χ0) is 12.3. The molecule has 0 atom stereocenters. The van der Waals surface area contributed by atoms with Gasteiger partial charge in [0.2, 0.25) is 0 Å². The first-order chi connectivity index (χ1) is 7.40. The fourth-order valence-electron chi connectivity index (χ4n) is 1.55. The monoisotopic (exact) mass is 279 g/mol. The highest BCUT2D eigenvalue weighted by Gasteiger charge is 2.16. The second-order valence-corrected chi connectivity index (χ2v) is 6.54. The van der Waals surface area contributed by atoms with Gasteiger partial charge in [-0.05, 0) is 19.0 Å². The molecule has 0 radical (unpaired) electrons. The SMILES string of the molecule is CC(C)CN(C)CC(=O)c1cc(Cl)sc1Cl. The summed E-state index contributed by atoms with van der Waals surface area (Å²) in [6, 6.07) is 1.64. The van der Waals surface area contributed by atoms with Crippen molar-refractivity contribution in [3.63, 3.8) is 0 Å². The second kappa shape index (κ2) is 6.01. The fraction of sp³-hybridized carbons (Fsp3) is 0.545. The molecule has 0 saturated carbocycles. The van der Waals surface area contributed by atoms with Gasteiger partial charge in [0, 0.05) is 6.54 Å². The van der Waals surface area contributed by atoms with E-state index in [-0.39, 0.29) is 5.78 Å². The molecule has 0 aliphatic rings. The van der Waals surface area contributed by atoms with Crippen molar-refractivity contribution in [3.8, 4) is 0 Å². The first-order valence-corrected chi connectivity index (χ1v) is 6.64. The minimum absolute atomic E-state index is 0.0244. The number of Topliss-reactive ketones (excluding diaryl/α,β-unsaturated/α-hetero) is 1. The van der Waals surface area contributed by atoms with Crippen LogP contribution in [0.3, 0.4) is 0 Å². The normalized spacial score (nSPS) is 11.4. The molecular formula is C11H15Cl2NOS. The number of halogens is 2. The van der Waals surface area contributed by atoms with Gasteiger partial charge in [0.25, 0.3) is 0 Å². The third kappa shape index (κ3) is 4.06. The Morgan fingerprint density at radius 1 is 1.50 bits per heavy atom. The van der Waals surface area contributed by atoms with Crippen molar-refractivity contribution >= 4 is 40.3 Å². The second-order valence-electron chi connectivity index (χ2n) is 4.25. The molecule has 0 spiro atoms. The molecule has 1 aromatic rings. The Bertz CT molecular complexity index is 376. The lowest BCUT2D eigenvalue weighted by Gasteiger charge is -2.17. The maximum absolute atomic E-state index is 11.9. The van der Waals surface area contributed by atoms with Gasteiger partial charge in [-0.25, -0.2) is 0 Å². The summed E-state index contributed by atoms with van der Waals surface area (Å²) >= 11 is 13.0. The molecule has 1 rings (SSSR count). The molecule has 0 aliphatic heterocycles. The third-order valence-electron chi connectivity index (χ3n) is 2.05. The lowest BCUT2D eigenvalue weighted by atomic mass is 10.2. The predicted octanol–water partition coefficient (Wildman–Crippen LogP) is 3.83. The summed E-state index contributed by atoms with van der Waals surface area (Å²) in [5.74, 6) is 0.565. The highest BCUT2D eigenvalue weighted by molar-refractivity contribution is 7.20. The number of thiophene rings is 1. The van der Waals surface area contributed by atoms with Crippen molar-refractivity contribution in [2.45, 2.75) is 13.8 Å². The number of ketones is 1. The number of nitrogens with zero attached hydrogens (tertiary/aromatic N) is 1. The van der Waals surface area contributed by atoms with Gasteiger partial charge >= 0.3 is 0 Å². The summed E-state index contributed by atoms with van der Waals surface area (Å²) in [5, 5.41) is 0. The van der Waals surface area contributed by atoms with Crippen LogP contribution in [-0.2, 0) is 0 Å². The molecule has 0 amide bonds. The number of carbonyl (C=O) groups excluding carboxylic acids is 1. The summed E-state index contributed by atoms with van der Waals surface area (Å²) in [7, 11) is 1.93. The Hall–Kier alpha value is -0.0900. The summed E-state index contributed by atoms with van der Waals surface area (Å²) in [5.41, 5.74) is 0.535. The summed E-state index contributed by atoms with van der Waals surface area (Å²) < 4.78 is 1.04. The molecule has 1 heterocycles. The molecule has 0 aromatic carbocycles. The fourth-order valence-corrected chi connectivity index (χ4v) is 3.05. The van der Waals surface area contributed by atoms with Crippen LogP contribution in [0, 0.1) is 5.92 Å². The van der Waals surface area contributed by atoms with E-state index in [0.29, 0.717) is 26.7 Å². The topological polar surface area (TPSA) is 20.3 Å². The minimum atomic E-state index is 0.0244. The molecule has 0 unspecified atom stereocenters. The average Bonchev–Trinajstić information content (AvgIpc) is 2.43. The van der Waals surface area contributed by atoms with Gasteiger partial charge in [0.15, 0.2) is 5.78 Å². The lowest BCUT2D eigenvalue weighted by molar-refractivity contribution is 0.0941. The van der Waals surface area contributed by atoms with Crippen LogP contribution < -0.4 is 0 Å². The van der Waals surface area contributed by atoms with Crippen molar-refractivity contribution in [2.24, 2.45) is 5.92 Å². The number of hydrogen-bond donors (Lipinski definition) is 0. The lowest BCUT2D eigenvalue weighted by Crippen LogP contribution is -2.29. The Labute approximate surface area is 110 Å².